The van der Waals surface area contributed by atoms with Gasteiger partial charge >= 0.3 is 12.0 Å². The zero-order valence-corrected chi connectivity index (χ0v) is 11.0. The van der Waals surface area contributed by atoms with Crippen LogP contribution in [0.4, 0.5) is 4.79 Å². The predicted molar refractivity (Wildman–Crippen MR) is 69.7 cm³/mol. The van der Waals surface area contributed by atoms with E-state index in [1.807, 2.05) is 23.5 Å². The molecule has 5 nitrogen and oxygen atoms in total. The first-order chi connectivity index (χ1) is 8.12. The molecular weight excluding hydrogens is 260 g/mol. The lowest BCUT2D eigenvalue weighted by atomic mass is 10.3. The molecule has 2 rings (SSSR count). The Kier molecular flexibility index (Phi) is 4.09. The van der Waals surface area contributed by atoms with Gasteiger partial charge < -0.3 is 15.7 Å². The summed E-state index contributed by atoms with van der Waals surface area (Å²) in [6.07, 6.45) is 1.06. The number of hydrogen-bond donors (Lipinski definition) is 3. The summed E-state index contributed by atoms with van der Waals surface area (Å²) in [5.41, 5.74) is -0.988. The Labute approximate surface area is 108 Å². The molecule has 1 atom stereocenters. The molecule has 1 aliphatic carbocycles. The second kappa shape index (κ2) is 5.39. The lowest BCUT2D eigenvalue weighted by Gasteiger charge is -2.21. The Morgan fingerprint density at radius 1 is 1.35 bits per heavy atom. The maximum Gasteiger partial charge on any atom is 0.329 e. The van der Waals surface area contributed by atoms with Gasteiger partial charge in [-0.25, -0.2) is 9.59 Å². The van der Waals surface area contributed by atoms with Gasteiger partial charge in [-0.2, -0.15) is 23.5 Å². The molecule has 7 heteroatoms. The van der Waals surface area contributed by atoms with E-state index in [1.165, 1.54) is 5.75 Å². The number of thioether (sulfide) groups is 2. The molecule has 96 valence electrons. The quantitative estimate of drug-likeness (QED) is 0.706. The number of rotatable bonds is 4. The average Bonchev–Trinajstić information content (AvgIpc) is 3.09. The van der Waals surface area contributed by atoms with Crippen LogP contribution < -0.4 is 10.6 Å². The number of carboxylic acid groups (broad SMARTS) is 1. The van der Waals surface area contributed by atoms with Gasteiger partial charge in [-0.1, -0.05) is 0 Å². The van der Waals surface area contributed by atoms with Crippen LogP contribution in [0.3, 0.4) is 0 Å². The molecule has 0 spiro atoms. The Balaban J connectivity index is 1.69. The fourth-order valence-corrected chi connectivity index (χ4v) is 4.25. The fourth-order valence-electron chi connectivity index (χ4n) is 1.64. The van der Waals surface area contributed by atoms with E-state index in [9.17, 15) is 9.59 Å². The highest BCUT2D eigenvalue weighted by molar-refractivity contribution is 8.06. The maximum absolute atomic E-state index is 11.5. The van der Waals surface area contributed by atoms with Crippen LogP contribution in [0, 0.1) is 0 Å². The van der Waals surface area contributed by atoms with Gasteiger partial charge in [-0.15, -0.1) is 0 Å². The molecule has 2 amide bonds. The first kappa shape index (κ1) is 12.9. The number of carbonyl (C=O) groups is 2. The molecular formula is C10H16N2O3S2. The molecule has 17 heavy (non-hydrogen) atoms. The van der Waals surface area contributed by atoms with Gasteiger partial charge in [0.15, 0.2) is 0 Å². The molecule has 0 bridgehead atoms. The van der Waals surface area contributed by atoms with E-state index in [0.29, 0.717) is 24.6 Å². The summed E-state index contributed by atoms with van der Waals surface area (Å²) in [6.45, 7) is 0.610. The van der Waals surface area contributed by atoms with Gasteiger partial charge in [0.2, 0.25) is 0 Å². The van der Waals surface area contributed by atoms with E-state index in [0.717, 1.165) is 11.5 Å². The van der Waals surface area contributed by atoms with Crippen molar-refractivity contribution in [3.63, 3.8) is 0 Å². The average molecular weight is 276 g/mol. The topological polar surface area (TPSA) is 78.4 Å². The van der Waals surface area contributed by atoms with Crippen molar-refractivity contribution in [2.24, 2.45) is 0 Å². The van der Waals surface area contributed by atoms with Gasteiger partial charge in [0, 0.05) is 29.1 Å². The normalized spacial score (nSPS) is 26.0. The van der Waals surface area contributed by atoms with Gasteiger partial charge in [0.05, 0.1) is 0 Å². The number of carboxylic acids is 1. The molecule has 0 aromatic heterocycles. The second-order valence-corrected chi connectivity index (χ2v) is 6.85. The SMILES string of the molecule is O=C(NCC1CSCCS1)NC1(C(=O)O)CC1. The first-order valence-corrected chi connectivity index (χ1v) is 7.81. The van der Waals surface area contributed by atoms with E-state index in [1.54, 1.807) is 0 Å². The highest BCUT2D eigenvalue weighted by Crippen LogP contribution is 2.35. The monoisotopic (exact) mass is 276 g/mol. The number of amides is 2. The molecule has 0 aromatic carbocycles. The highest BCUT2D eigenvalue weighted by Gasteiger charge is 2.51. The number of urea groups is 1. The van der Waals surface area contributed by atoms with Gasteiger partial charge in [0.25, 0.3) is 0 Å². The summed E-state index contributed by atoms with van der Waals surface area (Å²) in [6, 6.07) is -0.360. The molecule has 1 saturated heterocycles. The maximum atomic E-state index is 11.5. The van der Waals surface area contributed by atoms with Gasteiger partial charge in [-0.3, -0.25) is 0 Å². The van der Waals surface area contributed by atoms with Crippen LogP contribution in [0.25, 0.3) is 0 Å². The van der Waals surface area contributed by atoms with E-state index < -0.39 is 11.5 Å². The molecule has 1 saturated carbocycles. The number of nitrogens with one attached hydrogen (secondary N) is 2. The Morgan fingerprint density at radius 2 is 2.12 bits per heavy atom. The van der Waals surface area contributed by atoms with Crippen molar-refractivity contribution < 1.29 is 14.7 Å². The van der Waals surface area contributed by atoms with Crippen LogP contribution in [0.15, 0.2) is 0 Å². The third-order valence-corrected chi connectivity index (χ3v) is 5.73. The molecule has 1 unspecified atom stereocenters. The summed E-state index contributed by atoms with van der Waals surface area (Å²) in [7, 11) is 0. The summed E-state index contributed by atoms with van der Waals surface area (Å²) in [4.78, 5) is 22.4. The minimum absolute atomic E-state index is 0.360. The van der Waals surface area contributed by atoms with Crippen molar-refractivity contribution in [3.05, 3.63) is 0 Å². The summed E-state index contributed by atoms with van der Waals surface area (Å²) in [5, 5.41) is 14.7. The van der Waals surface area contributed by atoms with Crippen molar-refractivity contribution in [2.45, 2.75) is 23.6 Å². The Morgan fingerprint density at radius 3 is 2.65 bits per heavy atom. The second-order valence-electron chi connectivity index (χ2n) is 4.29. The van der Waals surface area contributed by atoms with Gasteiger partial charge in [0.1, 0.15) is 5.54 Å². The highest BCUT2D eigenvalue weighted by atomic mass is 32.2. The standard InChI is InChI=1S/C10H16N2O3S2/c13-8(14)10(1-2-10)12-9(15)11-5-7-6-16-3-4-17-7/h7H,1-6H2,(H,13,14)(H2,11,12,15). The third-order valence-electron chi connectivity index (χ3n) is 2.89. The van der Waals surface area contributed by atoms with Crippen LogP contribution in [0.2, 0.25) is 0 Å². The van der Waals surface area contributed by atoms with Gasteiger partial charge in [-0.05, 0) is 12.8 Å². The zero-order valence-electron chi connectivity index (χ0n) is 9.40. The van der Waals surface area contributed by atoms with Crippen LogP contribution >= 0.6 is 23.5 Å². The summed E-state index contributed by atoms with van der Waals surface area (Å²) >= 11 is 3.76. The molecule has 0 radical (unpaired) electrons. The van der Waals surface area contributed by atoms with Crippen molar-refractivity contribution in [1.82, 2.24) is 10.6 Å². The van der Waals surface area contributed by atoms with Crippen LogP contribution in [-0.4, -0.2) is 51.7 Å². The molecule has 3 N–H and O–H groups in total. The van der Waals surface area contributed by atoms with E-state index in [-0.39, 0.29) is 6.03 Å². The minimum Gasteiger partial charge on any atom is -0.480 e. The van der Waals surface area contributed by atoms with Crippen LogP contribution in [-0.2, 0) is 4.79 Å². The van der Waals surface area contributed by atoms with E-state index in [2.05, 4.69) is 10.6 Å². The van der Waals surface area contributed by atoms with Crippen LogP contribution in [0.1, 0.15) is 12.8 Å². The lowest BCUT2D eigenvalue weighted by Crippen LogP contribution is -2.49. The largest absolute Gasteiger partial charge is 0.480 e. The number of carbonyl (C=O) groups excluding carboxylic acids is 1. The molecule has 0 aromatic rings. The Bertz CT molecular complexity index is 315. The van der Waals surface area contributed by atoms with Crippen molar-refractivity contribution in [3.8, 4) is 0 Å². The molecule has 1 heterocycles. The van der Waals surface area contributed by atoms with Crippen molar-refractivity contribution in [2.75, 3.05) is 23.8 Å². The first-order valence-electron chi connectivity index (χ1n) is 5.61. The third kappa shape index (κ3) is 3.45. The van der Waals surface area contributed by atoms with E-state index >= 15 is 0 Å². The number of hydrogen-bond acceptors (Lipinski definition) is 4. The van der Waals surface area contributed by atoms with Crippen molar-refractivity contribution in [1.29, 1.82) is 0 Å². The Hall–Kier alpha value is -0.560. The molecule has 2 aliphatic rings. The molecule has 2 fully saturated rings. The minimum atomic E-state index is -0.988. The smallest absolute Gasteiger partial charge is 0.329 e. The lowest BCUT2D eigenvalue weighted by molar-refractivity contribution is -0.140. The fraction of sp³-hybridized carbons (Fsp3) is 0.800. The van der Waals surface area contributed by atoms with Crippen molar-refractivity contribution >= 4 is 35.5 Å². The molecule has 1 aliphatic heterocycles. The van der Waals surface area contributed by atoms with E-state index in [4.69, 9.17) is 5.11 Å². The predicted octanol–water partition coefficient (Wildman–Crippen LogP) is 0.751. The summed E-state index contributed by atoms with van der Waals surface area (Å²) in [5.74, 6) is 2.41. The zero-order chi connectivity index (χ0) is 12.3. The summed E-state index contributed by atoms with van der Waals surface area (Å²) < 4.78 is 0. The number of aliphatic carboxylic acids is 1. The van der Waals surface area contributed by atoms with Crippen LogP contribution in [0.5, 0.6) is 0 Å².